The normalized spacial score (nSPS) is 21.0. The molecule has 0 unspecified atom stereocenters. The van der Waals surface area contributed by atoms with Gasteiger partial charge in [-0.1, -0.05) is 24.6 Å². The highest BCUT2D eigenvalue weighted by Crippen LogP contribution is 2.39. The van der Waals surface area contributed by atoms with Crippen LogP contribution in [0.25, 0.3) is 10.9 Å². The first kappa shape index (κ1) is 29.1. The number of hydrogen-bond acceptors (Lipinski definition) is 4. The number of nitrogens with zero attached hydrogens (tertiary/aromatic N) is 2. The van der Waals surface area contributed by atoms with E-state index in [0.29, 0.717) is 13.2 Å². The summed E-state index contributed by atoms with van der Waals surface area (Å²) in [7, 11) is 0. The number of carbonyl (C=O) groups excluding carboxylic acids is 2. The van der Waals surface area contributed by atoms with Crippen molar-refractivity contribution in [1.82, 2.24) is 20.1 Å². The summed E-state index contributed by atoms with van der Waals surface area (Å²) in [6.45, 7) is 9.08. The zero-order valence-electron chi connectivity index (χ0n) is 24.5. The lowest BCUT2D eigenvalue weighted by atomic mass is 9.73. The minimum Gasteiger partial charge on any atom is -0.491 e. The molecule has 0 saturated carbocycles. The van der Waals surface area contributed by atoms with Gasteiger partial charge >= 0.3 is 0 Å². The fraction of sp³-hybridized carbons (Fsp3) is 0.515. The standard InChI is InChI=1S/C33H43FN4O3/c1-23(2)38-22-26(28-12-11-27(34)20-29(28)38)21-37-17-14-33(15-18-37)13-7-6-9-25-8-4-5-10-30(25)41-19-16-35-31(39)24(3)36-32(33)40/h4-5,8,10-12,20,22-24H,6-7,9,13-19,21H2,1-3H3,(H,35,39)(H,36,40)/t24-/m0/s1. The summed E-state index contributed by atoms with van der Waals surface area (Å²) in [6, 6.07) is 12.7. The molecule has 1 fully saturated rings. The molecule has 0 radical (unpaired) electrons. The van der Waals surface area contributed by atoms with E-state index in [1.165, 1.54) is 11.6 Å². The zero-order chi connectivity index (χ0) is 29.0. The third-order valence-electron chi connectivity index (χ3n) is 8.85. The van der Waals surface area contributed by atoms with Crippen molar-refractivity contribution in [3.63, 3.8) is 0 Å². The number of rotatable bonds is 3. The molecule has 1 spiro atoms. The second-order valence-corrected chi connectivity index (χ2v) is 12.0. The Balaban J connectivity index is 1.31. The number of aromatic nitrogens is 1. The predicted molar refractivity (Wildman–Crippen MR) is 159 cm³/mol. The number of likely N-dealkylation sites (tertiary alicyclic amines) is 1. The van der Waals surface area contributed by atoms with Crippen LogP contribution >= 0.6 is 0 Å². The van der Waals surface area contributed by atoms with E-state index < -0.39 is 11.5 Å². The van der Waals surface area contributed by atoms with E-state index in [9.17, 15) is 14.0 Å². The van der Waals surface area contributed by atoms with Crippen molar-refractivity contribution >= 4 is 22.7 Å². The van der Waals surface area contributed by atoms with Gasteiger partial charge in [0.05, 0.1) is 17.5 Å². The Bertz CT molecular complexity index is 1380. The van der Waals surface area contributed by atoms with E-state index in [-0.39, 0.29) is 23.7 Å². The molecule has 8 heteroatoms. The first-order valence-corrected chi connectivity index (χ1v) is 15.1. The van der Waals surface area contributed by atoms with Crippen LogP contribution in [-0.2, 0) is 22.6 Å². The van der Waals surface area contributed by atoms with Crippen molar-refractivity contribution in [3.05, 3.63) is 65.6 Å². The van der Waals surface area contributed by atoms with Crippen LogP contribution in [0.1, 0.15) is 70.0 Å². The van der Waals surface area contributed by atoms with Crippen LogP contribution in [0.4, 0.5) is 4.39 Å². The summed E-state index contributed by atoms with van der Waals surface area (Å²) in [4.78, 5) is 28.9. The lowest BCUT2D eigenvalue weighted by Crippen LogP contribution is -2.53. The van der Waals surface area contributed by atoms with Gasteiger partial charge in [-0.2, -0.15) is 0 Å². The Morgan fingerprint density at radius 2 is 1.85 bits per heavy atom. The molecule has 0 aliphatic carbocycles. The quantitative estimate of drug-likeness (QED) is 0.450. The zero-order valence-corrected chi connectivity index (χ0v) is 24.5. The van der Waals surface area contributed by atoms with Gasteiger partial charge in [0, 0.05) is 24.2 Å². The first-order valence-electron chi connectivity index (χ1n) is 15.1. The molecule has 2 N–H and O–H groups in total. The minimum absolute atomic E-state index is 0.0155. The number of carbonyl (C=O) groups is 2. The minimum atomic E-state index is -0.614. The molecule has 1 atom stereocenters. The molecule has 220 valence electrons. The fourth-order valence-electron chi connectivity index (χ4n) is 6.35. The average molecular weight is 563 g/mol. The molecule has 2 amide bonds. The topological polar surface area (TPSA) is 75.6 Å². The Kier molecular flexibility index (Phi) is 8.97. The van der Waals surface area contributed by atoms with Gasteiger partial charge in [0.15, 0.2) is 0 Å². The second kappa shape index (κ2) is 12.6. The monoisotopic (exact) mass is 562 g/mol. The number of nitrogens with one attached hydrogen (secondary N) is 2. The number of amides is 2. The SMILES string of the molecule is CC(C)n1cc(CN2CCC3(CCCCc4ccccc4OCCNC(=O)[C@H](C)NC3=O)CC2)c2ccc(F)cc21. The number of fused-ring (bicyclic) bond motifs is 2. The third-order valence-corrected chi connectivity index (χ3v) is 8.85. The van der Waals surface area contributed by atoms with E-state index in [1.54, 1.807) is 13.0 Å². The van der Waals surface area contributed by atoms with E-state index in [2.05, 4.69) is 46.2 Å². The number of hydrogen-bond donors (Lipinski definition) is 2. The number of halogens is 1. The first-order chi connectivity index (χ1) is 19.8. The number of para-hydroxylation sites is 1. The molecule has 1 saturated heterocycles. The molecule has 3 aromatic rings. The number of ether oxygens (including phenoxy) is 1. The smallest absolute Gasteiger partial charge is 0.242 e. The summed E-state index contributed by atoms with van der Waals surface area (Å²) in [5, 5.41) is 7.01. The molecule has 41 heavy (non-hydrogen) atoms. The van der Waals surface area contributed by atoms with Crippen LogP contribution in [0.2, 0.25) is 0 Å². The van der Waals surface area contributed by atoms with Crippen LogP contribution in [-0.4, -0.2) is 53.6 Å². The summed E-state index contributed by atoms with van der Waals surface area (Å²) in [5.74, 6) is 0.427. The summed E-state index contributed by atoms with van der Waals surface area (Å²) < 4.78 is 22.1. The van der Waals surface area contributed by atoms with E-state index >= 15 is 0 Å². The lowest BCUT2D eigenvalue weighted by Gasteiger charge is -2.41. The molecular formula is C33H43FN4O3. The molecule has 2 aliphatic heterocycles. The molecule has 7 nitrogen and oxygen atoms in total. The molecule has 2 aromatic carbocycles. The van der Waals surface area contributed by atoms with Crippen molar-refractivity contribution in [2.45, 2.75) is 77.9 Å². The van der Waals surface area contributed by atoms with E-state index in [4.69, 9.17) is 4.74 Å². The van der Waals surface area contributed by atoms with E-state index in [0.717, 1.165) is 80.4 Å². The van der Waals surface area contributed by atoms with Gasteiger partial charge in [-0.25, -0.2) is 4.39 Å². The summed E-state index contributed by atoms with van der Waals surface area (Å²) >= 11 is 0. The van der Waals surface area contributed by atoms with Gasteiger partial charge in [0.1, 0.15) is 24.2 Å². The fourth-order valence-corrected chi connectivity index (χ4v) is 6.35. The van der Waals surface area contributed by atoms with Gasteiger partial charge in [0.25, 0.3) is 0 Å². The highest BCUT2D eigenvalue weighted by Gasteiger charge is 2.41. The van der Waals surface area contributed by atoms with Gasteiger partial charge in [-0.3, -0.25) is 14.5 Å². The maximum absolute atomic E-state index is 14.0. The Hall–Kier alpha value is -3.39. The highest BCUT2D eigenvalue weighted by atomic mass is 19.1. The lowest BCUT2D eigenvalue weighted by molar-refractivity contribution is -0.138. The molecule has 3 heterocycles. The molecular weight excluding hydrogens is 519 g/mol. The second-order valence-electron chi connectivity index (χ2n) is 12.0. The molecule has 2 aliphatic rings. The maximum atomic E-state index is 14.0. The average Bonchev–Trinajstić information content (AvgIpc) is 3.31. The van der Waals surface area contributed by atoms with Crippen LogP contribution in [0, 0.1) is 11.2 Å². The van der Waals surface area contributed by atoms with Crippen molar-refractivity contribution in [2.24, 2.45) is 5.41 Å². The largest absolute Gasteiger partial charge is 0.491 e. The van der Waals surface area contributed by atoms with Gasteiger partial charge < -0.3 is 19.9 Å². The van der Waals surface area contributed by atoms with Crippen LogP contribution in [0.5, 0.6) is 5.75 Å². The highest BCUT2D eigenvalue weighted by molar-refractivity contribution is 5.90. The molecule has 1 aromatic heterocycles. The van der Waals surface area contributed by atoms with Gasteiger partial charge in [-0.15, -0.1) is 0 Å². The van der Waals surface area contributed by atoms with Crippen molar-refractivity contribution in [1.29, 1.82) is 0 Å². The van der Waals surface area contributed by atoms with Gasteiger partial charge in [0.2, 0.25) is 11.8 Å². The number of aryl methyl sites for hydroxylation is 1. The third kappa shape index (κ3) is 6.58. The number of benzene rings is 2. The van der Waals surface area contributed by atoms with Crippen molar-refractivity contribution < 1.29 is 18.7 Å². The summed E-state index contributed by atoms with van der Waals surface area (Å²) in [5.41, 5.74) is 2.76. The maximum Gasteiger partial charge on any atom is 0.242 e. The Morgan fingerprint density at radius 1 is 1.07 bits per heavy atom. The predicted octanol–water partition coefficient (Wildman–Crippen LogP) is 5.37. The van der Waals surface area contributed by atoms with Crippen molar-refractivity contribution in [2.75, 3.05) is 26.2 Å². The van der Waals surface area contributed by atoms with Gasteiger partial charge in [-0.05, 0) is 101 Å². The van der Waals surface area contributed by atoms with Crippen LogP contribution < -0.4 is 15.4 Å². The van der Waals surface area contributed by atoms with Crippen molar-refractivity contribution in [3.8, 4) is 5.75 Å². The molecule has 0 bridgehead atoms. The molecule has 5 rings (SSSR count). The number of piperidine rings is 1. The van der Waals surface area contributed by atoms with Crippen LogP contribution in [0.15, 0.2) is 48.7 Å². The Morgan fingerprint density at radius 3 is 2.63 bits per heavy atom. The Labute approximate surface area is 242 Å². The van der Waals surface area contributed by atoms with E-state index in [1.807, 2.05) is 24.3 Å². The van der Waals surface area contributed by atoms with Crippen LogP contribution in [0.3, 0.4) is 0 Å². The summed E-state index contributed by atoms with van der Waals surface area (Å²) in [6.07, 6.45) is 7.21.